The summed E-state index contributed by atoms with van der Waals surface area (Å²) >= 11 is 1.65. The van der Waals surface area contributed by atoms with Gasteiger partial charge in [0, 0.05) is 30.2 Å². The van der Waals surface area contributed by atoms with Gasteiger partial charge in [-0.2, -0.15) is 0 Å². The summed E-state index contributed by atoms with van der Waals surface area (Å²) in [5, 5.41) is 2.95. The number of ether oxygens (including phenoxy) is 1. The lowest BCUT2D eigenvalue weighted by molar-refractivity contribution is -0.140. The van der Waals surface area contributed by atoms with Crippen LogP contribution in [0, 0.1) is 0 Å². The van der Waals surface area contributed by atoms with Gasteiger partial charge in [-0.1, -0.05) is 43.7 Å². The minimum Gasteiger partial charge on any atom is -0.497 e. The lowest BCUT2D eigenvalue weighted by Crippen LogP contribution is -2.47. The van der Waals surface area contributed by atoms with E-state index in [1.165, 1.54) is 0 Å². The van der Waals surface area contributed by atoms with Crippen molar-refractivity contribution in [1.82, 2.24) is 10.2 Å². The van der Waals surface area contributed by atoms with Crippen LogP contribution in [0.15, 0.2) is 59.5 Å². The summed E-state index contributed by atoms with van der Waals surface area (Å²) in [6, 6.07) is 17.1. The van der Waals surface area contributed by atoms with E-state index in [1.807, 2.05) is 54.6 Å². The molecule has 2 rings (SSSR count). The Morgan fingerprint density at radius 2 is 1.80 bits per heavy atom. The molecule has 30 heavy (non-hydrogen) atoms. The molecule has 0 fully saturated rings. The van der Waals surface area contributed by atoms with Crippen molar-refractivity contribution in [1.29, 1.82) is 0 Å². The monoisotopic (exact) mass is 428 g/mol. The van der Waals surface area contributed by atoms with Gasteiger partial charge in [0.1, 0.15) is 11.8 Å². The molecular weight excluding hydrogens is 396 g/mol. The van der Waals surface area contributed by atoms with Crippen LogP contribution < -0.4 is 10.1 Å². The Balaban J connectivity index is 2.03. The highest BCUT2D eigenvalue weighted by atomic mass is 32.2. The third-order valence-corrected chi connectivity index (χ3v) is 5.85. The van der Waals surface area contributed by atoms with Gasteiger partial charge in [0.05, 0.1) is 7.11 Å². The van der Waals surface area contributed by atoms with E-state index in [9.17, 15) is 9.59 Å². The van der Waals surface area contributed by atoms with Gasteiger partial charge in [0.25, 0.3) is 0 Å². The average molecular weight is 429 g/mol. The fraction of sp³-hybridized carbons (Fsp3) is 0.417. The molecule has 0 aromatic heterocycles. The van der Waals surface area contributed by atoms with Gasteiger partial charge in [-0.25, -0.2) is 0 Å². The van der Waals surface area contributed by atoms with Gasteiger partial charge in [-0.15, -0.1) is 11.8 Å². The molecule has 2 amide bonds. The number of hydrogen-bond acceptors (Lipinski definition) is 4. The smallest absolute Gasteiger partial charge is 0.242 e. The molecule has 0 saturated carbocycles. The van der Waals surface area contributed by atoms with Crippen LogP contribution in [-0.2, 0) is 16.1 Å². The Kier molecular flexibility index (Phi) is 10.3. The topological polar surface area (TPSA) is 58.6 Å². The quantitative estimate of drug-likeness (QED) is 0.399. The zero-order valence-corrected chi connectivity index (χ0v) is 18.9. The van der Waals surface area contributed by atoms with Crippen LogP contribution in [0.2, 0.25) is 0 Å². The second-order valence-corrected chi connectivity index (χ2v) is 8.27. The molecule has 6 heteroatoms. The maximum absolute atomic E-state index is 13.0. The van der Waals surface area contributed by atoms with Crippen LogP contribution in [0.1, 0.15) is 38.7 Å². The molecule has 0 spiro atoms. The maximum Gasteiger partial charge on any atom is 0.242 e. The normalized spacial score (nSPS) is 11.6. The second-order valence-electron chi connectivity index (χ2n) is 7.10. The van der Waals surface area contributed by atoms with Crippen LogP contribution >= 0.6 is 11.8 Å². The molecule has 1 atom stereocenters. The number of amides is 2. The zero-order chi connectivity index (χ0) is 21.8. The molecule has 1 N–H and O–H groups in total. The molecule has 5 nitrogen and oxygen atoms in total. The first-order valence-corrected chi connectivity index (χ1v) is 11.4. The van der Waals surface area contributed by atoms with Crippen molar-refractivity contribution in [3.8, 4) is 5.75 Å². The zero-order valence-electron chi connectivity index (χ0n) is 18.1. The third kappa shape index (κ3) is 7.75. The van der Waals surface area contributed by atoms with Crippen molar-refractivity contribution >= 4 is 23.6 Å². The maximum atomic E-state index is 13.0. The van der Waals surface area contributed by atoms with Crippen LogP contribution in [0.25, 0.3) is 0 Å². The minimum absolute atomic E-state index is 0.0209. The van der Waals surface area contributed by atoms with E-state index in [1.54, 1.807) is 30.7 Å². The molecule has 0 bridgehead atoms. The SMILES string of the molecule is CCCCNC(=O)[C@H](C)N(Cc1ccc(OC)cc1)C(=O)CCSc1ccccc1. The van der Waals surface area contributed by atoms with E-state index in [-0.39, 0.29) is 11.8 Å². The second kappa shape index (κ2) is 13.0. The van der Waals surface area contributed by atoms with Crippen molar-refractivity contribution in [2.75, 3.05) is 19.4 Å². The molecule has 0 radical (unpaired) electrons. The summed E-state index contributed by atoms with van der Waals surface area (Å²) in [5.41, 5.74) is 0.966. The summed E-state index contributed by atoms with van der Waals surface area (Å²) in [4.78, 5) is 28.5. The number of benzene rings is 2. The number of carbonyl (C=O) groups is 2. The number of unbranched alkanes of at least 4 members (excludes halogenated alkanes) is 1. The number of nitrogens with one attached hydrogen (secondary N) is 1. The summed E-state index contributed by atoms with van der Waals surface area (Å²) in [6.45, 7) is 4.90. The molecule has 2 aromatic rings. The molecule has 2 aromatic carbocycles. The highest BCUT2D eigenvalue weighted by Gasteiger charge is 2.25. The van der Waals surface area contributed by atoms with Crippen molar-refractivity contribution in [2.24, 2.45) is 0 Å². The first-order chi connectivity index (χ1) is 14.5. The van der Waals surface area contributed by atoms with Gasteiger partial charge < -0.3 is 15.0 Å². The Morgan fingerprint density at radius 3 is 2.43 bits per heavy atom. The molecule has 0 aliphatic rings. The Labute approximate surface area is 184 Å². The lowest BCUT2D eigenvalue weighted by atomic mass is 10.1. The number of carbonyl (C=O) groups excluding carboxylic acids is 2. The van der Waals surface area contributed by atoms with Gasteiger partial charge in [0.15, 0.2) is 0 Å². The largest absolute Gasteiger partial charge is 0.497 e. The van der Waals surface area contributed by atoms with E-state index in [0.29, 0.717) is 25.3 Å². The minimum atomic E-state index is -0.529. The highest BCUT2D eigenvalue weighted by molar-refractivity contribution is 7.99. The van der Waals surface area contributed by atoms with Crippen molar-refractivity contribution in [3.05, 3.63) is 60.2 Å². The number of rotatable bonds is 12. The predicted molar refractivity (Wildman–Crippen MR) is 123 cm³/mol. The van der Waals surface area contributed by atoms with Gasteiger partial charge in [-0.3, -0.25) is 9.59 Å². The summed E-state index contributed by atoms with van der Waals surface area (Å²) < 4.78 is 5.21. The van der Waals surface area contributed by atoms with Crippen molar-refractivity contribution < 1.29 is 14.3 Å². The Hall–Kier alpha value is -2.47. The standard InChI is InChI=1S/C24H32N2O3S/c1-4-5-16-25-24(28)19(2)26(18-20-11-13-21(29-3)14-12-20)23(27)15-17-30-22-9-7-6-8-10-22/h6-14,19H,4-5,15-18H2,1-3H3,(H,25,28)/t19-/m0/s1. The molecule has 0 aliphatic heterocycles. The molecule has 0 saturated heterocycles. The van der Waals surface area contributed by atoms with Crippen LogP contribution in [0.3, 0.4) is 0 Å². The van der Waals surface area contributed by atoms with Gasteiger partial charge in [0.2, 0.25) is 11.8 Å². The average Bonchev–Trinajstić information content (AvgIpc) is 2.78. The first-order valence-electron chi connectivity index (χ1n) is 10.4. The summed E-state index contributed by atoms with van der Waals surface area (Å²) in [6.07, 6.45) is 2.32. The highest BCUT2D eigenvalue weighted by Crippen LogP contribution is 2.20. The van der Waals surface area contributed by atoms with E-state index < -0.39 is 6.04 Å². The number of nitrogens with zero attached hydrogens (tertiary/aromatic N) is 1. The van der Waals surface area contributed by atoms with E-state index in [0.717, 1.165) is 29.1 Å². The fourth-order valence-corrected chi connectivity index (χ4v) is 3.82. The molecular formula is C24H32N2O3S. The predicted octanol–water partition coefficient (Wildman–Crippen LogP) is 4.51. The molecule has 0 aliphatic carbocycles. The Morgan fingerprint density at radius 1 is 1.10 bits per heavy atom. The van der Waals surface area contributed by atoms with Crippen LogP contribution in [0.5, 0.6) is 5.75 Å². The first kappa shape index (κ1) is 23.8. The van der Waals surface area contributed by atoms with Crippen molar-refractivity contribution in [2.45, 2.75) is 50.6 Å². The van der Waals surface area contributed by atoms with Gasteiger partial charge in [-0.05, 0) is 43.2 Å². The van der Waals surface area contributed by atoms with Crippen LogP contribution in [0.4, 0.5) is 0 Å². The fourth-order valence-electron chi connectivity index (χ4n) is 2.96. The lowest BCUT2D eigenvalue weighted by Gasteiger charge is -2.29. The van der Waals surface area contributed by atoms with Crippen LogP contribution in [-0.4, -0.2) is 42.2 Å². The number of methoxy groups -OCH3 is 1. The molecule has 162 valence electrons. The number of thioether (sulfide) groups is 1. The molecule has 0 heterocycles. The van der Waals surface area contributed by atoms with Crippen molar-refractivity contribution in [3.63, 3.8) is 0 Å². The van der Waals surface area contributed by atoms with Gasteiger partial charge >= 0.3 is 0 Å². The Bertz CT molecular complexity index is 781. The third-order valence-electron chi connectivity index (χ3n) is 4.84. The van der Waals surface area contributed by atoms with E-state index >= 15 is 0 Å². The van der Waals surface area contributed by atoms with E-state index in [4.69, 9.17) is 4.74 Å². The van der Waals surface area contributed by atoms with E-state index in [2.05, 4.69) is 12.2 Å². The number of hydrogen-bond donors (Lipinski definition) is 1. The summed E-state index contributed by atoms with van der Waals surface area (Å²) in [7, 11) is 1.62. The molecule has 0 unspecified atom stereocenters. The summed E-state index contributed by atoms with van der Waals surface area (Å²) in [5.74, 6) is 1.31.